The standard InChI is InChI=1S/C11H12N4O5/c1-3-20-10(17)5-4-13-15-8(5)14-7(12)6(9(15)16)11(18)19-2/h4,13H,3,12H2,1-2H3. The van der Waals surface area contributed by atoms with Gasteiger partial charge in [-0.15, -0.1) is 0 Å². The lowest BCUT2D eigenvalue weighted by atomic mass is 10.3. The number of nitrogens with one attached hydrogen (secondary N) is 1. The Kier molecular flexibility index (Phi) is 3.42. The van der Waals surface area contributed by atoms with Crippen molar-refractivity contribution in [1.29, 1.82) is 0 Å². The Morgan fingerprint density at radius 1 is 1.45 bits per heavy atom. The van der Waals surface area contributed by atoms with Crippen LogP contribution in [0.15, 0.2) is 11.0 Å². The minimum Gasteiger partial charge on any atom is -0.465 e. The van der Waals surface area contributed by atoms with Crippen molar-refractivity contribution in [3.05, 3.63) is 27.7 Å². The Bertz CT molecular complexity index is 745. The Labute approximate surface area is 112 Å². The van der Waals surface area contributed by atoms with E-state index in [1.165, 1.54) is 6.20 Å². The summed E-state index contributed by atoms with van der Waals surface area (Å²) in [7, 11) is 1.12. The SMILES string of the molecule is CCOC(=O)c1c[nH]n2c(=O)c(C(=O)OC)c(N)nc12. The van der Waals surface area contributed by atoms with Gasteiger partial charge in [-0.05, 0) is 6.92 Å². The summed E-state index contributed by atoms with van der Waals surface area (Å²) in [6.07, 6.45) is 1.25. The number of nitrogens with zero attached hydrogens (tertiary/aromatic N) is 2. The van der Waals surface area contributed by atoms with E-state index in [4.69, 9.17) is 10.5 Å². The monoisotopic (exact) mass is 280 g/mol. The van der Waals surface area contributed by atoms with E-state index in [0.29, 0.717) is 0 Å². The van der Waals surface area contributed by atoms with E-state index in [1.54, 1.807) is 6.92 Å². The summed E-state index contributed by atoms with van der Waals surface area (Å²) >= 11 is 0. The van der Waals surface area contributed by atoms with Crippen molar-refractivity contribution in [3.63, 3.8) is 0 Å². The van der Waals surface area contributed by atoms with Crippen LogP contribution in [0.3, 0.4) is 0 Å². The van der Waals surface area contributed by atoms with E-state index in [0.717, 1.165) is 11.6 Å². The van der Waals surface area contributed by atoms with Gasteiger partial charge in [-0.3, -0.25) is 9.89 Å². The van der Waals surface area contributed by atoms with E-state index in [2.05, 4.69) is 14.8 Å². The number of carbonyl (C=O) groups is 2. The fourth-order valence-corrected chi connectivity index (χ4v) is 1.68. The molecule has 0 spiro atoms. The molecule has 0 fully saturated rings. The van der Waals surface area contributed by atoms with Gasteiger partial charge in [0.25, 0.3) is 5.56 Å². The van der Waals surface area contributed by atoms with E-state index in [1.807, 2.05) is 0 Å². The predicted molar refractivity (Wildman–Crippen MR) is 67.5 cm³/mol. The van der Waals surface area contributed by atoms with Gasteiger partial charge in [0.2, 0.25) is 0 Å². The fourth-order valence-electron chi connectivity index (χ4n) is 1.68. The second-order valence-electron chi connectivity index (χ2n) is 3.74. The lowest BCUT2D eigenvalue weighted by molar-refractivity contribution is 0.0527. The van der Waals surface area contributed by atoms with E-state index in [-0.39, 0.29) is 23.6 Å². The molecule has 0 aliphatic rings. The van der Waals surface area contributed by atoms with Gasteiger partial charge in [0, 0.05) is 6.20 Å². The number of hydrogen-bond donors (Lipinski definition) is 2. The van der Waals surface area contributed by atoms with Crippen LogP contribution in [0, 0.1) is 0 Å². The van der Waals surface area contributed by atoms with Gasteiger partial charge >= 0.3 is 11.9 Å². The number of fused-ring (bicyclic) bond motifs is 1. The van der Waals surface area contributed by atoms with Crippen molar-refractivity contribution in [2.75, 3.05) is 19.5 Å². The second kappa shape index (κ2) is 5.03. The van der Waals surface area contributed by atoms with Crippen molar-refractivity contribution in [3.8, 4) is 0 Å². The topological polar surface area (TPSA) is 129 Å². The molecule has 0 aliphatic carbocycles. The summed E-state index contributed by atoms with van der Waals surface area (Å²) in [5.74, 6) is -1.86. The van der Waals surface area contributed by atoms with Gasteiger partial charge in [-0.25, -0.2) is 14.6 Å². The molecular formula is C11H12N4O5. The van der Waals surface area contributed by atoms with Gasteiger partial charge < -0.3 is 15.2 Å². The molecule has 2 aromatic rings. The Hall–Kier alpha value is -2.84. The number of H-pyrrole nitrogens is 1. The van der Waals surface area contributed by atoms with Crippen LogP contribution in [0.2, 0.25) is 0 Å². The van der Waals surface area contributed by atoms with Crippen LogP contribution in [0.1, 0.15) is 27.6 Å². The molecule has 0 saturated carbocycles. The number of rotatable bonds is 3. The molecule has 9 nitrogen and oxygen atoms in total. The van der Waals surface area contributed by atoms with Gasteiger partial charge in [0.15, 0.2) is 11.2 Å². The minimum absolute atomic E-state index is 0.0152. The average molecular weight is 280 g/mol. The number of aromatic nitrogens is 3. The first kappa shape index (κ1) is 13.6. The maximum Gasteiger partial charge on any atom is 0.347 e. The molecule has 0 aromatic carbocycles. The molecule has 106 valence electrons. The molecule has 0 unspecified atom stereocenters. The summed E-state index contributed by atoms with van der Waals surface area (Å²) in [6.45, 7) is 1.83. The Morgan fingerprint density at radius 3 is 2.75 bits per heavy atom. The molecule has 2 rings (SSSR count). The van der Waals surface area contributed by atoms with Crippen LogP contribution in [-0.4, -0.2) is 40.3 Å². The zero-order chi connectivity index (χ0) is 14.9. The Balaban J connectivity index is 2.69. The minimum atomic E-state index is -0.901. The lowest BCUT2D eigenvalue weighted by Gasteiger charge is -2.04. The largest absolute Gasteiger partial charge is 0.465 e. The third kappa shape index (κ3) is 1.98. The third-order valence-electron chi connectivity index (χ3n) is 2.58. The summed E-state index contributed by atoms with van der Waals surface area (Å²) in [6, 6.07) is 0. The highest BCUT2D eigenvalue weighted by molar-refractivity contribution is 5.97. The number of esters is 2. The van der Waals surface area contributed by atoms with E-state index >= 15 is 0 Å². The first-order chi connectivity index (χ1) is 9.51. The smallest absolute Gasteiger partial charge is 0.347 e. The van der Waals surface area contributed by atoms with Crippen LogP contribution in [0.25, 0.3) is 5.65 Å². The highest BCUT2D eigenvalue weighted by Crippen LogP contribution is 2.12. The maximum atomic E-state index is 12.1. The number of methoxy groups -OCH3 is 1. The van der Waals surface area contributed by atoms with E-state index in [9.17, 15) is 14.4 Å². The first-order valence-electron chi connectivity index (χ1n) is 5.66. The maximum absolute atomic E-state index is 12.1. The van der Waals surface area contributed by atoms with Crippen molar-refractivity contribution in [2.24, 2.45) is 0 Å². The van der Waals surface area contributed by atoms with Gasteiger partial charge in [0.05, 0.1) is 13.7 Å². The average Bonchev–Trinajstić information content (AvgIpc) is 2.82. The van der Waals surface area contributed by atoms with Crippen LogP contribution in [0.4, 0.5) is 5.82 Å². The van der Waals surface area contributed by atoms with Gasteiger partial charge in [-0.2, -0.15) is 4.52 Å². The number of anilines is 1. The van der Waals surface area contributed by atoms with E-state index < -0.39 is 23.1 Å². The highest BCUT2D eigenvalue weighted by Gasteiger charge is 2.23. The summed E-state index contributed by atoms with van der Waals surface area (Å²) in [5, 5.41) is 2.52. The molecule has 0 bridgehead atoms. The number of nitrogen functional groups attached to an aromatic ring is 1. The second-order valence-corrected chi connectivity index (χ2v) is 3.74. The molecule has 0 saturated heterocycles. The van der Waals surface area contributed by atoms with Crippen molar-refractivity contribution >= 4 is 23.4 Å². The molecule has 2 heterocycles. The number of aromatic amines is 1. The zero-order valence-corrected chi connectivity index (χ0v) is 10.8. The summed E-state index contributed by atoms with van der Waals surface area (Å²) in [5.41, 5.74) is 4.45. The molecule has 3 N–H and O–H groups in total. The molecule has 0 radical (unpaired) electrons. The summed E-state index contributed by atoms with van der Waals surface area (Å²) < 4.78 is 10.2. The van der Waals surface area contributed by atoms with Crippen LogP contribution in [0.5, 0.6) is 0 Å². The molecule has 0 atom stereocenters. The molecule has 0 aliphatic heterocycles. The number of carbonyl (C=O) groups excluding carboxylic acids is 2. The molecule has 20 heavy (non-hydrogen) atoms. The number of nitrogens with two attached hydrogens (primary N) is 1. The van der Waals surface area contributed by atoms with Gasteiger partial charge in [-0.1, -0.05) is 0 Å². The number of hydrogen-bond acceptors (Lipinski definition) is 7. The van der Waals surface area contributed by atoms with Crippen molar-refractivity contribution in [1.82, 2.24) is 14.6 Å². The van der Waals surface area contributed by atoms with Crippen LogP contribution in [-0.2, 0) is 9.47 Å². The van der Waals surface area contributed by atoms with Crippen LogP contribution < -0.4 is 11.3 Å². The number of ether oxygens (including phenoxy) is 2. The quantitative estimate of drug-likeness (QED) is 0.729. The third-order valence-corrected chi connectivity index (χ3v) is 2.58. The molecule has 9 heteroatoms. The predicted octanol–water partition coefficient (Wildman–Crippen LogP) is -0.432. The first-order valence-corrected chi connectivity index (χ1v) is 5.66. The molecule has 0 amide bonds. The highest BCUT2D eigenvalue weighted by atomic mass is 16.5. The molecule has 2 aromatic heterocycles. The summed E-state index contributed by atoms with van der Waals surface area (Å²) in [4.78, 5) is 39.1. The van der Waals surface area contributed by atoms with Crippen molar-refractivity contribution in [2.45, 2.75) is 6.92 Å². The molecular weight excluding hydrogens is 268 g/mol. The van der Waals surface area contributed by atoms with Gasteiger partial charge in [0.1, 0.15) is 11.4 Å². The Morgan fingerprint density at radius 2 is 2.15 bits per heavy atom. The zero-order valence-electron chi connectivity index (χ0n) is 10.8. The van der Waals surface area contributed by atoms with Crippen LogP contribution >= 0.6 is 0 Å². The fraction of sp³-hybridized carbons (Fsp3) is 0.273. The lowest BCUT2D eigenvalue weighted by Crippen LogP contribution is -2.26. The van der Waals surface area contributed by atoms with Crippen molar-refractivity contribution < 1.29 is 19.1 Å². The normalized spacial score (nSPS) is 10.5.